The van der Waals surface area contributed by atoms with E-state index in [1.807, 2.05) is 30.0 Å². The van der Waals surface area contributed by atoms with E-state index in [-0.39, 0.29) is 11.3 Å². The number of rotatable bonds is 7. The lowest BCUT2D eigenvalue weighted by Crippen LogP contribution is -2.53. The van der Waals surface area contributed by atoms with E-state index < -0.39 is 6.10 Å². The molecule has 132 valence electrons. The molecule has 1 amide bonds. The summed E-state index contributed by atoms with van der Waals surface area (Å²) in [4.78, 5) is 17.2. The minimum Gasteiger partial charge on any atom is -0.389 e. The molecule has 24 heavy (non-hydrogen) atoms. The highest BCUT2D eigenvalue weighted by atomic mass is 16.5. The number of carbonyl (C=O) groups is 1. The molecule has 0 spiro atoms. The van der Waals surface area contributed by atoms with E-state index in [0.717, 1.165) is 44.6 Å². The molecule has 1 N–H and O–H groups in total. The van der Waals surface area contributed by atoms with E-state index in [1.165, 1.54) is 0 Å². The van der Waals surface area contributed by atoms with Crippen molar-refractivity contribution in [3.8, 4) is 0 Å². The van der Waals surface area contributed by atoms with Gasteiger partial charge in [-0.2, -0.15) is 0 Å². The van der Waals surface area contributed by atoms with E-state index >= 15 is 0 Å². The number of aliphatic hydroxyl groups is 1. The molecule has 1 atom stereocenters. The van der Waals surface area contributed by atoms with Crippen LogP contribution in [0.2, 0.25) is 0 Å². The lowest BCUT2D eigenvalue weighted by Gasteiger charge is -2.37. The van der Waals surface area contributed by atoms with Gasteiger partial charge in [0.25, 0.3) is 0 Å². The quantitative estimate of drug-likeness (QED) is 0.817. The van der Waals surface area contributed by atoms with Crippen molar-refractivity contribution in [1.82, 2.24) is 9.80 Å². The summed E-state index contributed by atoms with van der Waals surface area (Å²) >= 11 is 0. The van der Waals surface area contributed by atoms with Crippen molar-refractivity contribution in [1.29, 1.82) is 0 Å². The average molecular weight is 332 g/mol. The van der Waals surface area contributed by atoms with Gasteiger partial charge in [0.15, 0.2) is 0 Å². The van der Waals surface area contributed by atoms with Crippen molar-refractivity contribution < 1.29 is 14.6 Å². The number of carbonyl (C=O) groups excluding carboxylic acids is 1. The summed E-state index contributed by atoms with van der Waals surface area (Å²) in [6, 6.07) is 10.2. The van der Waals surface area contributed by atoms with E-state index in [9.17, 15) is 9.90 Å². The SMILES string of the molecule is CCOC[C@H](O)CN1CCN(C(=O)C2(c3ccccc3)CC2)CC1. The van der Waals surface area contributed by atoms with Gasteiger partial charge in [-0.25, -0.2) is 0 Å². The number of β-amino-alcohol motifs (C(OH)–C–C–N with tert-alkyl or cyclic N) is 1. The third-order valence-corrected chi connectivity index (χ3v) is 5.13. The predicted octanol–water partition coefficient (Wildman–Crippen LogP) is 1.26. The molecule has 1 aliphatic heterocycles. The molecule has 1 aromatic carbocycles. The van der Waals surface area contributed by atoms with Gasteiger partial charge in [0.05, 0.1) is 18.1 Å². The monoisotopic (exact) mass is 332 g/mol. The molecule has 5 nitrogen and oxygen atoms in total. The fourth-order valence-corrected chi connectivity index (χ4v) is 3.55. The summed E-state index contributed by atoms with van der Waals surface area (Å²) in [6.07, 6.45) is 1.47. The van der Waals surface area contributed by atoms with Crippen LogP contribution >= 0.6 is 0 Å². The maximum Gasteiger partial charge on any atom is 0.233 e. The molecular formula is C19H28N2O3. The van der Waals surface area contributed by atoms with Crippen molar-refractivity contribution in [3.05, 3.63) is 35.9 Å². The molecule has 0 bridgehead atoms. The first kappa shape index (κ1) is 17.4. The Morgan fingerprint density at radius 3 is 2.46 bits per heavy atom. The molecule has 1 aliphatic carbocycles. The van der Waals surface area contributed by atoms with Crippen molar-refractivity contribution in [2.24, 2.45) is 0 Å². The topological polar surface area (TPSA) is 53.0 Å². The van der Waals surface area contributed by atoms with Crippen LogP contribution in [0.25, 0.3) is 0 Å². The fraction of sp³-hybridized carbons (Fsp3) is 0.632. The normalized spacial score (nSPS) is 21.5. The second kappa shape index (κ2) is 7.64. The molecule has 1 heterocycles. The minimum absolute atomic E-state index is 0.266. The third kappa shape index (κ3) is 3.79. The Hall–Kier alpha value is -1.43. The van der Waals surface area contributed by atoms with E-state index in [4.69, 9.17) is 4.74 Å². The number of hydrogen-bond acceptors (Lipinski definition) is 4. The highest BCUT2D eigenvalue weighted by molar-refractivity contribution is 5.91. The van der Waals surface area contributed by atoms with Crippen LogP contribution in [-0.4, -0.2) is 72.9 Å². The molecule has 0 unspecified atom stereocenters. The first-order valence-electron chi connectivity index (χ1n) is 8.99. The van der Waals surface area contributed by atoms with E-state index in [0.29, 0.717) is 19.8 Å². The zero-order chi connectivity index (χ0) is 17.0. The van der Waals surface area contributed by atoms with Crippen molar-refractivity contribution >= 4 is 5.91 Å². The number of piperazine rings is 1. The second-order valence-electron chi connectivity index (χ2n) is 6.85. The fourth-order valence-electron chi connectivity index (χ4n) is 3.55. The van der Waals surface area contributed by atoms with Crippen LogP contribution in [0.15, 0.2) is 30.3 Å². The van der Waals surface area contributed by atoms with Crippen LogP contribution in [0.4, 0.5) is 0 Å². The van der Waals surface area contributed by atoms with Crippen LogP contribution in [0.1, 0.15) is 25.3 Å². The number of amides is 1. The third-order valence-electron chi connectivity index (χ3n) is 5.13. The number of aliphatic hydroxyl groups excluding tert-OH is 1. The number of benzene rings is 1. The Morgan fingerprint density at radius 2 is 1.88 bits per heavy atom. The molecule has 2 fully saturated rings. The van der Waals surface area contributed by atoms with Crippen LogP contribution in [0, 0.1) is 0 Å². The van der Waals surface area contributed by atoms with Gasteiger partial charge in [0.2, 0.25) is 5.91 Å². The maximum atomic E-state index is 13.0. The van der Waals surface area contributed by atoms with E-state index in [1.54, 1.807) is 0 Å². The van der Waals surface area contributed by atoms with Crippen molar-refractivity contribution in [2.75, 3.05) is 45.9 Å². The van der Waals surface area contributed by atoms with Gasteiger partial charge < -0.3 is 14.7 Å². The van der Waals surface area contributed by atoms with Gasteiger partial charge in [-0.3, -0.25) is 9.69 Å². The molecule has 5 heteroatoms. The van der Waals surface area contributed by atoms with Gasteiger partial charge >= 0.3 is 0 Å². The summed E-state index contributed by atoms with van der Waals surface area (Å²) in [7, 11) is 0. The molecule has 0 aromatic heterocycles. The van der Waals surface area contributed by atoms with Crippen molar-refractivity contribution in [2.45, 2.75) is 31.3 Å². The molecular weight excluding hydrogens is 304 g/mol. The van der Waals surface area contributed by atoms with Crippen LogP contribution in [0.3, 0.4) is 0 Å². The van der Waals surface area contributed by atoms with Gasteiger partial charge in [0.1, 0.15) is 0 Å². The Bertz CT molecular complexity index is 537. The number of hydrogen-bond donors (Lipinski definition) is 1. The Labute approximate surface area is 144 Å². The zero-order valence-electron chi connectivity index (χ0n) is 14.5. The molecule has 1 aromatic rings. The summed E-state index contributed by atoms with van der Waals surface area (Å²) in [5.41, 5.74) is 0.891. The molecule has 0 radical (unpaired) electrons. The predicted molar refractivity (Wildman–Crippen MR) is 92.9 cm³/mol. The number of nitrogens with zero attached hydrogens (tertiary/aromatic N) is 2. The minimum atomic E-state index is -0.453. The summed E-state index contributed by atoms with van der Waals surface area (Å²) in [5.74, 6) is 0.281. The van der Waals surface area contributed by atoms with Gasteiger partial charge in [-0.05, 0) is 25.3 Å². The zero-order valence-corrected chi connectivity index (χ0v) is 14.5. The molecule has 3 rings (SSSR count). The Kier molecular flexibility index (Phi) is 5.54. The highest BCUT2D eigenvalue weighted by Crippen LogP contribution is 2.49. The molecule has 1 saturated carbocycles. The lowest BCUT2D eigenvalue weighted by molar-refractivity contribution is -0.136. The summed E-state index contributed by atoms with van der Waals surface area (Å²) in [6.45, 7) is 6.68. The van der Waals surface area contributed by atoms with Gasteiger partial charge in [0, 0.05) is 39.3 Å². The summed E-state index contributed by atoms with van der Waals surface area (Å²) < 4.78 is 5.26. The maximum absolute atomic E-state index is 13.0. The Morgan fingerprint density at radius 1 is 1.21 bits per heavy atom. The van der Waals surface area contributed by atoms with E-state index in [2.05, 4.69) is 17.0 Å². The smallest absolute Gasteiger partial charge is 0.233 e. The van der Waals surface area contributed by atoms with Gasteiger partial charge in [-0.15, -0.1) is 0 Å². The average Bonchev–Trinajstić information content (AvgIpc) is 3.43. The lowest BCUT2D eigenvalue weighted by atomic mass is 9.94. The molecule has 1 saturated heterocycles. The summed E-state index contributed by atoms with van der Waals surface area (Å²) in [5, 5.41) is 9.95. The van der Waals surface area contributed by atoms with Crippen LogP contribution < -0.4 is 0 Å². The van der Waals surface area contributed by atoms with Gasteiger partial charge in [-0.1, -0.05) is 30.3 Å². The largest absolute Gasteiger partial charge is 0.389 e. The highest BCUT2D eigenvalue weighted by Gasteiger charge is 2.53. The van der Waals surface area contributed by atoms with Crippen LogP contribution in [0.5, 0.6) is 0 Å². The van der Waals surface area contributed by atoms with Crippen LogP contribution in [-0.2, 0) is 14.9 Å². The first-order chi connectivity index (χ1) is 11.7. The second-order valence-corrected chi connectivity index (χ2v) is 6.85. The van der Waals surface area contributed by atoms with Crippen molar-refractivity contribution in [3.63, 3.8) is 0 Å². The Balaban J connectivity index is 1.51. The number of ether oxygens (including phenoxy) is 1. The first-order valence-corrected chi connectivity index (χ1v) is 8.99. The standard InChI is InChI=1S/C19H28N2O3/c1-2-24-15-17(22)14-20-10-12-21(13-11-20)18(23)19(8-9-19)16-6-4-3-5-7-16/h3-7,17,22H,2,8-15H2,1H3/t17-/m1/s1. The molecule has 2 aliphatic rings.